The van der Waals surface area contributed by atoms with Gasteiger partial charge in [-0.3, -0.25) is 5.32 Å². The first-order valence-corrected chi connectivity index (χ1v) is 3.67. The molecule has 5 N–H and O–H groups in total. The van der Waals surface area contributed by atoms with Crippen molar-refractivity contribution in [1.82, 2.24) is 5.32 Å². The highest BCUT2D eigenvalue weighted by Crippen LogP contribution is 2.45. The lowest BCUT2D eigenvalue weighted by Crippen LogP contribution is -2.73. The van der Waals surface area contributed by atoms with Crippen LogP contribution >= 0.6 is 0 Å². The van der Waals surface area contributed by atoms with E-state index in [0.29, 0.717) is 0 Å². The molecule has 0 aromatic rings. The van der Waals surface area contributed by atoms with E-state index in [9.17, 15) is 10.2 Å². The van der Waals surface area contributed by atoms with Crippen molar-refractivity contribution in [1.29, 1.82) is 0 Å². The van der Waals surface area contributed by atoms with Crippen molar-refractivity contribution in [2.45, 2.75) is 23.7 Å². The Morgan fingerprint density at radius 1 is 1.08 bits per heavy atom. The van der Waals surface area contributed by atoms with Crippen molar-refractivity contribution in [2.75, 3.05) is 13.2 Å². The highest BCUT2D eigenvalue weighted by atomic mass is 16.7. The molecular formula is C6H11NO5. The highest BCUT2D eigenvalue weighted by Gasteiger charge is 2.73. The molecule has 0 aromatic carbocycles. The van der Waals surface area contributed by atoms with E-state index in [4.69, 9.17) is 14.9 Å². The number of rotatable bonds is 2. The van der Waals surface area contributed by atoms with Crippen molar-refractivity contribution in [3.63, 3.8) is 0 Å². The molecule has 3 aliphatic rings. The summed E-state index contributed by atoms with van der Waals surface area (Å²) in [6.07, 6.45) is -2.40. The number of hydrogen-bond donors (Lipinski definition) is 5. The van der Waals surface area contributed by atoms with Crippen LogP contribution in [0.2, 0.25) is 0 Å². The Hall–Kier alpha value is -0.240. The van der Waals surface area contributed by atoms with Crippen LogP contribution in [0.5, 0.6) is 0 Å². The molecular weight excluding hydrogens is 166 g/mol. The third-order valence-electron chi connectivity index (χ3n) is 2.51. The molecule has 0 amide bonds. The first kappa shape index (κ1) is 8.36. The van der Waals surface area contributed by atoms with Crippen LogP contribution in [0.15, 0.2) is 0 Å². The highest BCUT2D eigenvalue weighted by molar-refractivity contribution is 5.18. The van der Waals surface area contributed by atoms with E-state index in [-0.39, 0.29) is 0 Å². The van der Waals surface area contributed by atoms with Gasteiger partial charge in [0.15, 0.2) is 11.4 Å². The molecule has 70 valence electrons. The molecule has 3 rings (SSSR count). The predicted octanol–water partition coefficient (Wildman–Crippen LogP) is -3.28. The summed E-state index contributed by atoms with van der Waals surface area (Å²) in [5, 5.41) is 39.0. The number of hydrogen-bond acceptors (Lipinski definition) is 6. The summed E-state index contributed by atoms with van der Waals surface area (Å²) >= 11 is 0. The van der Waals surface area contributed by atoms with Gasteiger partial charge in [-0.05, 0) is 0 Å². The molecule has 0 saturated carbocycles. The van der Waals surface area contributed by atoms with Crippen LogP contribution in [0, 0.1) is 0 Å². The molecule has 2 bridgehead atoms. The van der Waals surface area contributed by atoms with Gasteiger partial charge in [-0.2, -0.15) is 0 Å². The zero-order valence-corrected chi connectivity index (χ0v) is 6.27. The van der Waals surface area contributed by atoms with Crippen LogP contribution in [-0.2, 0) is 4.74 Å². The van der Waals surface area contributed by atoms with Gasteiger partial charge in [0, 0.05) is 0 Å². The molecule has 6 nitrogen and oxygen atoms in total. The Labute approximate surface area is 68.4 Å². The number of aliphatic hydroxyl groups is 4. The summed E-state index contributed by atoms with van der Waals surface area (Å²) in [5.41, 5.74) is -2.55. The Morgan fingerprint density at radius 2 is 1.42 bits per heavy atom. The van der Waals surface area contributed by atoms with Gasteiger partial charge in [-0.15, -0.1) is 0 Å². The molecule has 3 saturated heterocycles. The molecule has 3 heterocycles. The smallest absolute Gasteiger partial charge is 0.176 e. The second kappa shape index (κ2) is 2.16. The normalized spacial score (nSPS) is 57.0. The lowest BCUT2D eigenvalue weighted by Gasteiger charge is -2.47. The summed E-state index contributed by atoms with van der Waals surface area (Å²) in [6, 6.07) is 0. The van der Waals surface area contributed by atoms with Crippen molar-refractivity contribution >= 4 is 0 Å². The minimum absolute atomic E-state index is 0.438. The maximum absolute atomic E-state index is 9.35. The second-order valence-corrected chi connectivity index (χ2v) is 3.21. The molecule has 0 aromatic heterocycles. The average molecular weight is 177 g/mol. The number of nitrogens with one attached hydrogen (secondary N) is 1. The zero-order chi connectivity index (χ0) is 8.98. The number of ether oxygens (including phenoxy) is 1. The van der Waals surface area contributed by atoms with Gasteiger partial charge in [-0.25, -0.2) is 0 Å². The fourth-order valence-corrected chi connectivity index (χ4v) is 1.80. The van der Waals surface area contributed by atoms with E-state index in [0.717, 1.165) is 0 Å². The van der Waals surface area contributed by atoms with Crippen LogP contribution in [-0.4, -0.2) is 57.3 Å². The third-order valence-corrected chi connectivity index (χ3v) is 2.51. The predicted molar refractivity (Wildman–Crippen MR) is 35.9 cm³/mol. The summed E-state index contributed by atoms with van der Waals surface area (Å²) in [6.45, 7) is -0.875. The van der Waals surface area contributed by atoms with Gasteiger partial charge in [-0.1, -0.05) is 0 Å². The fraction of sp³-hybridized carbons (Fsp3) is 1.00. The lowest BCUT2D eigenvalue weighted by atomic mass is 10.1. The molecule has 6 heteroatoms. The van der Waals surface area contributed by atoms with Crippen LogP contribution in [0.4, 0.5) is 0 Å². The van der Waals surface area contributed by atoms with Gasteiger partial charge in [0.25, 0.3) is 0 Å². The number of aliphatic hydroxyl groups excluding tert-OH is 4. The fourth-order valence-electron chi connectivity index (χ4n) is 1.80. The average Bonchev–Trinajstić information content (AvgIpc) is 2.34. The quantitative estimate of drug-likeness (QED) is 0.303. The van der Waals surface area contributed by atoms with Crippen LogP contribution in [0.3, 0.4) is 0 Å². The van der Waals surface area contributed by atoms with Gasteiger partial charge >= 0.3 is 0 Å². The first-order chi connectivity index (χ1) is 5.60. The van der Waals surface area contributed by atoms with E-state index in [1.807, 2.05) is 0 Å². The molecule has 3 aliphatic heterocycles. The molecule has 0 unspecified atom stereocenters. The van der Waals surface area contributed by atoms with E-state index >= 15 is 0 Å². The zero-order valence-electron chi connectivity index (χ0n) is 6.27. The topological polar surface area (TPSA) is 102 Å². The maximum atomic E-state index is 9.35. The number of fused-ring (bicyclic) bond motifs is 1. The molecule has 3 fully saturated rings. The van der Waals surface area contributed by atoms with Crippen LogP contribution in [0.25, 0.3) is 0 Å². The Bertz CT molecular complexity index is 182. The van der Waals surface area contributed by atoms with Crippen molar-refractivity contribution < 1.29 is 25.2 Å². The first-order valence-electron chi connectivity index (χ1n) is 3.67. The molecule has 4 atom stereocenters. The molecule has 0 radical (unpaired) electrons. The molecule has 0 spiro atoms. The Morgan fingerprint density at radius 3 is 1.58 bits per heavy atom. The largest absolute Gasteiger partial charge is 0.392 e. The van der Waals surface area contributed by atoms with E-state index in [1.54, 1.807) is 0 Å². The Balaban J connectivity index is 2.23. The summed E-state index contributed by atoms with van der Waals surface area (Å²) < 4.78 is 5.04. The minimum Gasteiger partial charge on any atom is -0.392 e. The van der Waals surface area contributed by atoms with E-state index < -0.39 is 36.9 Å². The molecule has 0 aliphatic carbocycles. The summed E-state index contributed by atoms with van der Waals surface area (Å²) in [7, 11) is 0. The van der Waals surface area contributed by atoms with E-state index in [2.05, 4.69) is 5.32 Å². The van der Waals surface area contributed by atoms with Gasteiger partial charge < -0.3 is 25.2 Å². The maximum Gasteiger partial charge on any atom is 0.176 e. The summed E-state index contributed by atoms with van der Waals surface area (Å²) in [5.74, 6) is 0. The SMILES string of the molecule is OC[C@]12N[C@](CO)(O1)[C@@H](O)[C@@H]2O. The van der Waals surface area contributed by atoms with Gasteiger partial charge in [0.05, 0.1) is 13.2 Å². The van der Waals surface area contributed by atoms with Crippen molar-refractivity contribution in [2.24, 2.45) is 0 Å². The van der Waals surface area contributed by atoms with E-state index in [1.165, 1.54) is 0 Å². The second-order valence-electron chi connectivity index (χ2n) is 3.21. The van der Waals surface area contributed by atoms with Crippen molar-refractivity contribution in [3.8, 4) is 0 Å². The van der Waals surface area contributed by atoms with Gasteiger partial charge in [0.1, 0.15) is 12.2 Å². The standard InChI is InChI=1S/C6H11NO5/c8-1-5-3(10)4(11)6(2-9,7-5)12-5/h3-4,7-11H,1-2H2/t3-,4-,5-,6+/m0/s1. The molecule has 12 heavy (non-hydrogen) atoms. The lowest BCUT2D eigenvalue weighted by molar-refractivity contribution is -0.300. The van der Waals surface area contributed by atoms with Gasteiger partial charge in [0.2, 0.25) is 0 Å². The summed E-state index contributed by atoms with van der Waals surface area (Å²) in [4.78, 5) is 0. The Kier molecular flexibility index (Phi) is 1.51. The minimum atomic E-state index is -1.28. The third kappa shape index (κ3) is 0.657. The van der Waals surface area contributed by atoms with Crippen LogP contribution < -0.4 is 5.32 Å². The van der Waals surface area contributed by atoms with Crippen LogP contribution in [0.1, 0.15) is 0 Å². The monoisotopic (exact) mass is 177 g/mol. The van der Waals surface area contributed by atoms with Crippen molar-refractivity contribution in [3.05, 3.63) is 0 Å².